The van der Waals surface area contributed by atoms with Crippen LogP contribution in [-0.2, 0) is 22.4 Å². The average molecular weight is 355 g/mol. The molecule has 2 aromatic carbocycles. The first-order valence-electron chi connectivity index (χ1n) is 8.83. The summed E-state index contributed by atoms with van der Waals surface area (Å²) in [5.41, 5.74) is 1.26. The summed E-state index contributed by atoms with van der Waals surface area (Å²) in [6.07, 6.45) is 0.886. The summed E-state index contributed by atoms with van der Waals surface area (Å²) in [4.78, 5) is 14.6. The van der Waals surface area contributed by atoms with Gasteiger partial charge < -0.3 is 19.5 Å². The lowest BCUT2D eigenvalue weighted by molar-refractivity contribution is -0.157. The highest BCUT2D eigenvalue weighted by Gasteiger charge is 2.38. The number of rotatable bonds is 6. The lowest BCUT2D eigenvalue weighted by atomic mass is 9.93. The highest BCUT2D eigenvalue weighted by atomic mass is 16.5. The van der Waals surface area contributed by atoms with E-state index in [1.165, 1.54) is 0 Å². The maximum absolute atomic E-state index is 12.8. The van der Waals surface area contributed by atoms with Crippen LogP contribution >= 0.6 is 0 Å². The van der Waals surface area contributed by atoms with Gasteiger partial charge in [0.1, 0.15) is 11.4 Å². The Bertz CT molecular complexity index is 734. The van der Waals surface area contributed by atoms with E-state index in [1.807, 2.05) is 54.6 Å². The molecule has 1 fully saturated rings. The van der Waals surface area contributed by atoms with Crippen LogP contribution in [0.3, 0.4) is 0 Å². The van der Waals surface area contributed by atoms with Gasteiger partial charge in [0.25, 0.3) is 0 Å². The molecule has 1 aliphatic heterocycles. The van der Waals surface area contributed by atoms with Crippen LogP contribution in [-0.4, -0.2) is 54.9 Å². The van der Waals surface area contributed by atoms with Crippen LogP contribution < -0.4 is 4.74 Å². The van der Waals surface area contributed by atoms with Crippen molar-refractivity contribution >= 4 is 5.91 Å². The van der Waals surface area contributed by atoms with Gasteiger partial charge in [0.2, 0.25) is 5.91 Å². The fraction of sp³-hybridized carbons (Fsp3) is 0.381. The van der Waals surface area contributed by atoms with E-state index in [4.69, 9.17) is 9.47 Å². The van der Waals surface area contributed by atoms with Crippen molar-refractivity contribution in [1.82, 2.24) is 4.90 Å². The minimum absolute atomic E-state index is 0.0347. The molecule has 5 nitrogen and oxygen atoms in total. The predicted octanol–water partition coefficient (Wildman–Crippen LogP) is 2.07. The molecule has 0 aromatic heterocycles. The molecule has 5 heteroatoms. The summed E-state index contributed by atoms with van der Waals surface area (Å²) >= 11 is 0. The fourth-order valence-corrected chi connectivity index (χ4v) is 3.35. The summed E-state index contributed by atoms with van der Waals surface area (Å²) in [5, 5.41) is 9.98. The lowest BCUT2D eigenvalue weighted by Gasteiger charge is -2.42. The third-order valence-corrected chi connectivity index (χ3v) is 4.75. The number of carbonyl (C=O) groups excluding carboxylic acids is 1. The van der Waals surface area contributed by atoms with E-state index in [0.29, 0.717) is 32.5 Å². The number of nitrogens with zero attached hydrogens (tertiary/aromatic N) is 1. The number of amides is 1. The van der Waals surface area contributed by atoms with Crippen LogP contribution in [0.15, 0.2) is 54.6 Å². The highest BCUT2D eigenvalue weighted by Crippen LogP contribution is 2.24. The molecule has 2 aromatic rings. The van der Waals surface area contributed by atoms with Gasteiger partial charge in [-0.25, -0.2) is 0 Å². The molecule has 0 bridgehead atoms. The molecule has 1 N–H and O–H groups in total. The van der Waals surface area contributed by atoms with Crippen LogP contribution in [0.2, 0.25) is 0 Å². The van der Waals surface area contributed by atoms with Gasteiger partial charge in [0.15, 0.2) is 0 Å². The highest BCUT2D eigenvalue weighted by molar-refractivity contribution is 5.79. The predicted molar refractivity (Wildman–Crippen MR) is 99.2 cm³/mol. The molecule has 1 aliphatic rings. The first-order chi connectivity index (χ1) is 12.6. The van der Waals surface area contributed by atoms with Gasteiger partial charge in [-0.15, -0.1) is 0 Å². The van der Waals surface area contributed by atoms with Gasteiger partial charge in [-0.2, -0.15) is 0 Å². The van der Waals surface area contributed by atoms with Crippen molar-refractivity contribution in [2.75, 3.05) is 33.4 Å². The molecule has 0 saturated carbocycles. The number of morpholine rings is 1. The first kappa shape index (κ1) is 18.4. The molecule has 0 unspecified atom stereocenters. The molecule has 26 heavy (non-hydrogen) atoms. The molecule has 3 rings (SSSR count). The zero-order chi connectivity index (χ0) is 18.4. The normalized spacial score (nSPS) is 20.0. The second-order valence-corrected chi connectivity index (χ2v) is 6.70. The van der Waals surface area contributed by atoms with Gasteiger partial charge in [0, 0.05) is 13.0 Å². The van der Waals surface area contributed by atoms with Crippen LogP contribution in [0.4, 0.5) is 0 Å². The van der Waals surface area contributed by atoms with E-state index in [9.17, 15) is 9.90 Å². The molecule has 1 saturated heterocycles. The molecule has 1 atom stereocenters. The SMILES string of the molecule is COc1cccc(CC(=O)N2CCO[C@@](CO)(Cc3ccccc3)C2)c1. The summed E-state index contributed by atoms with van der Waals surface area (Å²) in [6, 6.07) is 17.5. The van der Waals surface area contributed by atoms with Crippen molar-refractivity contribution in [3.8, 4) is 5.75 Å². The quantitative estimate of drug-likeness (QED) is 0.862. The maximum Gasteiger partial charge on any atom is 0.227 e. The monoisotopic (exact) mass is 355 g/mol. The van der Waals surface area contributed by atoms with Crippen LogP contribution in [0.25, 0.3) is 0 Å². The fourth-order valence-electron chi connectivity index (χ4n) is 3.35. The van der Waals surface area contributed by atoms with E-state index in [0.717, 1.165) is 16.9 Å². The minimum atomic E-state index is -0.746. The molecular weight excluding hydrogens is 330 g/mol. The van der Waals surface area contributed by atoms with Crippen molar-refractivity contribution in [2.45, 2.75) is 18.4 Å². The third kappa shape index (κ3) is 4.42. The topological polar surface area (TPSA) is 59.0 Å². The largest absolute Gasteiger partial charge is 0.497 e. The van der Waals surface area contributed by atoms with Gasteiger partial charge in [-0.3, -0.25) is 4.79 Å². The van der Waals surface area contributed by atoms with E-state index in [2.05, 4.69) is 0 Å². The van der Waals surface area contributed by atoms with Crippen molar-refractivity contribution in [2.24, 2.45) is 0 Å². The Hall–Kier alpha value is -2.37. The smallest absolute Gasteiger partial charge is 0.227 e. The molecular formula is C21H25NO4. The summed E-state index contributed by atoms with van der Waals surface area (Å²) in [6.45, 7) is 1.24. The summed E-state index contributed by atoms with van der Waals surface area (Å²) in [5.74, 6) is 0.776. The van der Waals surface area contributed by atoms with Gasteiger partial charge in [0.05, 0.1) is 33.3 Å². The maximum atomic E-state index is 12.8. The Morgan fingerprint density at radius 3 is 2.69 bits per heavy atom. The van der Waals surface area contributed by atoms with Crippen molar-refractivity contribution in [3.05, 3.63) is 65.7 Å². The first-order valence-corrected chi connectivity index (χ1v) is 8.83. The van der Waals surface area contributed by atoms with Gasteiger partial charge >= 0.3 is 0 Å². The standard InChI is InChI=1S/C21H25NO4/c1-25-19-9-5-8-18(12-19)13-20(24)22-10-11-26-21(15-22,16-23)14-17-6-3-2-4-7-17/h2-9,12,23H,10-11,13-16H2,1H3/t21-/m0/s1. The molecule has 0 spiro atoms. The zero-order valence-electron chi connectivity index (χ0n) is 15.1. The Morgan fingerprint density at radius 1 is 1.19 bits per heavy atom. The van der Waals surface area contributed by atoms with Crippen LogP contribution in [0.5, 0.6) is 5.75 Å². The molecule has 138 valence electrons. The Balaban J connectivity index is 1.68. The van der Waals surface area contributed by atoms with Crippen LogP contribution in [0.1, 0.15) is 11.1 Å². The number of aliphatic hydroxyl groups excluding tert-OH is 1. The van der Waals surface area contributed by atoms with Gasteiger partial charge in [-0.1, -0.05) is 42.5 Å². The van der Waals surface area contributed by atoms with Crippen molar-refractivity contribution in [3.63, 3.8) is 0 Å². The number of aliphatic hydroxyl groups is 1. The van der Waals surface area contributed by atoms with Crippen LogP contribution in [0, 0.1) is 0 Å². The minimum Gasteiger partial charge on any atom is -0.497 e. The second kappa shape index (κ2) is 8.34. The van der Waals surface area contributed by atoms with E-state index >= 15 is 0 Å². The number of hydrogen-bond acceptors (Lipinski definition) is 4. The Labute approximate surface area is 154 Å². The molecule has 1 amide bonds. The summed E-state index contributed by atoms with van der Waals surface area (Å²) in [7, 11) is 1.61. The number of hydrogen-bond donors (Lipinski definition) is 1. The molecule has 0 aliphatic carbocycles. The van der Waals surface area contributed by atoms with Gasteiger partial charge in [-0.05, 0) is 23.3 Å². The number of methoxy groups -OCH3 is 1. The van der Waals surface area contributed by atoms with E-state index in [1.54, 1.807) is 12.0 Å². The summed E-state index contributed by atoms with van der Waals surface area (Å²) < 4.78 is 11.1. The Morgan fingerprint density at radius 2 is 1.96 bits per heavy atom. The van der Waals surface area contributed by atoms with E-state index in [-0.39, 0.29) is 12.5 Å². The Kier molecular flexibility index (Phi) is 5.91. The van der Waals surface area contributed by atoms with E-state index < -0.39 is 5.60 Å². The average Bonchev–Trinajstić information content (AvgIpc) is 2.69. The zero-order valence-corrected chi connectivity index (χ0v) is 15.1. The molecule has 0 radical (unpaired) electrons. The van der Waals surface area contributed by atoms with Crippen molar-refractivity contribution < 1.29 is 19.4 Å². The number of benzene rings is 2. The molecule has 1 heterocycles. The number of carbonyl (C=O) groups is 1. The third-order valence-electron chi connectivity index (χ3n) is 4.75. The second-order valence-electron chi connectivity index (χ2n) is 6.70. The van der Waals surface area contributed by atoms with Crippen molar-refractivity contribution in [1.29, 1.82) is 0 Å². The lowest BCUT2D eigenvalue weighted by Crippen LogP contribution is -2.57. The number of ether oxygens (including phenoxy) is 2.